The van der Waals surface area contributed by atoms with Crippen LogP contribution in [-0.2, 0) is 0 Å². The van der Waals surface area contributed by atoms with Crippen molar-refractivity contribution in [3.8, 4) is 0 Å². The fraction of sp³-hybridized carbons (Fsp3) is 0.364. The third-order valence-electron chi connectivity index (χ3n) is 2.69. The zero-order chi connectivity index (χ0) is 13.4. The number of H-pyrrole nitrogens is 1. The number of aromatic amines is 1. The molecule has 0 fully saturated rings. The van der Waals surface area contributed by atoms with Gasteiger partial charge in [0.1, 0.15) is 10.2 Å². The molecule has 1 N–H and O–H groups in total. The summed E-state index contributed by atoms with van der Waals surface area (Å²) in [5.41, 5.74) is 0.300. The van der Waals surface area contributed by atoms with Gasteiger partial charge in [0, 0.05) is 16.6 Å². The molecule has 0 aliphatic rings. The predicted molar refractivity (Wildman–Crippen MR) is 71.7 cm³/mol. The number of rotatable bonds is 2. The van der Waals surface area contributed by atoms with Crippen LogP contribution in [0.15, 0.2) is 15.0 Å². The Labute approximate surface area is 112 Å². The summed E-state index contributed by atoms with van der Waals surface area (Å²) in [6.45, 7) is 5.21. The highest BCUT2D eigenvalue weighted by Gasteiger charge is 2.18. The van der Waals surface area contributed by atoms with E-state index >= 15 is 0 Å². The van der Waals surface area contributed by atoms with Crippen molar-refractivity contribution >= 4 is 22.9 Å². The maximum Gasteiger partial charge on any atom is 0.330 e. The standard InChI is InChI=1S/C11H12ClN3O2S/c1-5-4-18-9(13-5)7(3)15-10(16)6(2)8(12)14-11(15)17/h4,7H,1-3H3,(H,14,17). The second kappa shape index (κ2) is 4.70. The van der Waals surface area contributed by atoms with E-state index in [9.17, 15) is 9.59 Å². The van der Waals surface area contributed by atoms with Crippen molar-refractivity contribution in [2.75, 3.05) is 0 Å². The van der Waals surface area contributed by atoms with Gasteiger partial charge in [-0.3, -0.25) is 14.3 Å². The van der Waals surface area contributed by atoms with Crippen LogP contribution in [0, 0.1) is 13.8 Å². The van der Waals surface area contributed by atoms with Crippen LogP contribution in [0.2, 0.25) is 5.15 Å². The first kappa shape index (κ1) is 13.0. The number of thiazole rings is 1. The van der Waals surface area contributed by atoms with Crippen molar-refractivity contribution in [2.24, 2.45) is 0 Å². The minimum Gasteiger partial charge on any atom is -0.297 e. The zero-order valence-corrected chi connectivity index (χ0v) is 11.7. The molecular weight excluding hydrogens is 274 g/mol. The highest BCUT2D eigenvalue weighted by molar-refractivity contribution is 7.09. The summed E-state index contributed by atoms with van der Waals surface area (Å²) >= 11 is 7.19. The minimum absolute atomic E-state index is 0.0868. The number of aryl methyl sites for hydroxylation is 1. The fourth-order valence-corrected chi connectivity index (χ4v) is 2.65. The molecule has 0 aromatic carbocycles. The lowest BCUT2D eigenvalue weighted by atomic mass is 10.3. The van der Waals surface area contributed by atoms with Gasteiger partial charge >= 0.3 is 5.69 Å². The van der Waals surface area contributed by atoms with Crippen molar-refractivity contribution in [2.45, 2.75) is 26.8 Å². The molecule has 1 atom stereocenters. The maximum absolute atomic E-state index is 12.1. The Kier molecular flexibility index (Phi) is 3.41. The summed E-state index contributed by atoms with van der Waals surface area (Å²) < 4.78 is 1.14. The lowest BCUT2D eigenvalue weighted by Crippen LogP contribution is -2.38. The zero-order valence-electron chi connectivity index (χ0n) is 10.2. The number of aromatic nitrogens is 3. The van der Waals surface area contributed by atoms with Gasteiger partial charge in [-0.1, -0.05) is 11.6 Å². The molecule has 96 valence electrons. The van der Waals surface area contributed by atoms with Gasteiger partial charge in [-0.2, -0.15) is 0 Å². The van der Waals surface area contributed by atoms with E-state index in [4.69, 9.17) is 11.6 Å². The first-order valence-corrected chi connectivity index (χ1v) is 6.60. The van der Waals surface area contributed by atoms with Crippen molar-refractivity contribution in [3.63, 3.8) is 0 Å². The van der Waals surface area contributed by atoms with Crippen LogP contribution >= 0.6 is 22.9 Å². The minimum atomic E-state index is -0.518. The van der Waals surface area contributed by atoms with Crippen molar-refractivity contribution < 1.29 is 0 Å². The average Bonchev–Trinajstić information content (AvgIpc) is 2.73. The summed E-state index contributed by atoms with van der Waals surface area (Å²) in [7, 11) is 0. The molecule has 7 heteroatoms. The largest absolute Gasteiger partial charge is 0.330 e. The van der Waals surface area contributed by atoms with Gasteiger partial charge in [0.05, 0.1) is 6.04 Å². The van der Waals surface area contributed by atoms with E-state index < -0.39 is 11.7 Å². The third kappa shape index (κ3) is 2.13. The number of halogens is 1. The van der Waals surface area contributed by atoms with Crippen LogP contribution < -0.4 is 11.2 Å². The Morgan fingerprint density at radius 3 is 2.67 bits per heavy atom. The van der Waals surface area contributed by atoms with Crippen LogP contribution in [0.3, 0.4) is 0 Å². The highest BCUT2D eigenvalue weighted by atomic mass is 35.5. The molecule has 18 heavy (non-hydrogen) atoms. The maximum atomic E-state index is 12.1. The van der Waals surface area contributed by atoms with E-state index in [1.165, 1.54) is 11.3 Å². The summed E-state index contributed by atoms with van der Waals surface area (Å²) in [4.78, 5) is 30.7. The first-order chi connectivity index (χ1) is 8.41. The molecular formula is C11H12ClN3O2S. The van der Waals surface area contributed by atoms with Crippen LogP contribution in [0.25, 0.3) is 0 Å². The molecule has 2 heterocycles. The average molecular weight is 286 g/mol. The Morgan fingerprint density at radius 1 is 1.44 bits per heavy atom. The van der Waals surface area contributed by atoms with E-state index in [0.717, 1.165) is 15.3 Å². The number of nitrogens with zero attached hydrogens (tertiary/aromatic N) is 2. The molecule has 2 rings (SSSR count). The lowest BCUT2D eigenvalue weighted by molar-refractivity contribution is 0.570. The molecule has 0 amide bonds. The van der Waals surface area contributed by atoms with Crippen LogP contribution in [0.1, 0.15) is 29.2 Å². The number of hydrogen-bond donors (Lipinski definition) is 1. The SMILES string of the molecule is Cc1csc(C(C)n2c(=O)[nH]c(Cl)c(C)c2=O)n1. The summed E-state index contributed by atoms with van der Waals surface area (Å²) in [5.74, 6) is 0. The quantitative estimate of drug-likeness (QED) is 0.857. The lowest BCUT2D eigenvalue weighted by Gasteiger charge is -2.12. The molecule has 0 aliphatic carbocycles. The van der Waals surface area contributed by atoms with Gasteiger partial charge in [-0.05, 0) is 20.8 Å². The molecule has 2 aromatic heterocycles. The second-order valence-corrected chi connectivity index (χ2v) is 5.32. The van der Waals surface area contributed by atoms with Gasteiger partial charge in [0.25, 0.3) is 5.56 Å². The van der Waals surface area contributed by atoms with E-state index in [0.29, 0.717) is 5.56 Å². The van der Waals surface area contributed by atoms with Crippen LogP contribution in [0.5, 0.6) is 0 Å². The van der Waals surface area contributed by atoms with E-state index in [1.807, 2.05) is 12.3 Å². The Balaban J connectivity index is 2.62. The van der Waals surface area contributed by atoms with E-state index in [-0.39, 0.29) is 10.7 Å². The monoisotopic (exact) mass is 285 g/mol. The molecule has 0 saturated carbocycles. The Hall–Kier alpha value is -1.40. The summed E-state index contributed by atoms with van der Waals surface area (Å²) in [6, 6.07) is -0.407. The predicted octanol–water partition coefficient (Wildman–Crippen LogP) is 1.87. The molecule has 0 radical (unpaired) electrons. The van der Waals surface area contributed by atoms with Crippen molar-refractivity contribution in [3.05, 3.63) is 47.6 Å². The van der Waals surface area contributed by atoms with Crippen LogP contribution in [0.4, 0.5) is 0 Å². The molecule has 0 spiro atoms. The van der Waals surface area contributed by atoms with E-state index in [1.54, 1.807) is 13.8 Å². The first-order valence-electron chi connectivity index (χ1n) is 5.34. The molecule has 0 bridgehead atoms. The number of nitrogens with one attached hydrogen (secondary N) is 1. The molecule has 1 unspecified atom stereocenters. The second-order valence-electron chi connectivity index (χ2n) is 4.05. The van der Waals surface area contributed by atoms with Crippen molar-refractivity contribution in [1.82, 2.24) is 14.5 Å². The van der Waals surface area contributed by atoms with Gasteiger partial charge in [-0.15, -0.1) is 11.3 Å². The van der Waals surface area contributed by atoms with E-state index in [2.05, 4.69) is 9.97 Å². The fourth-order valence-electron chi connectivity index (χ4n) is 1.64. The third-order valence-corrected chi connectivity index (χ3v) is 4.20. The summed E-state index contributed by atoms with van der Waals surface area (Å²) in [5, 5.41) is 2.69. The Bertz CT molecular complexity index is 701. The summed E-state index contributed by atoms with van der Waals surface area (Å²) in [6.07, 6.45) is 0. The normalized spacial score (nSPS) is 12.7. The van der Waals surface area contributed by atoms with Gasteiger partial charge in [0.2, 0.25) is 0 Å². The van der Waals surface area contributed by atoms with Gasteiger partial charge in [0.15, 0.2) is 0 Å². The highest BCUT2D eigenvalue weighted by Crippen LogP contribution is 2.19. The van der Waals surface area contributed by atoms with Crippen molar-refractivity contribution in [1.29, 1.82) is 0 Å². The van der Waals surface area contributed by atoms with Gasteiger partial charge in [-0.25, -0.2) is 9.78 Å². The topological polar surface area (TPSA) is 67.8 Å². The molecule has 0 saturated heterocycles. The smallest absolute Gasteiger partial charge is 0.297 e. The number of hydrogen-bond acceptors (Lipinski definition) is 4. The molecule has 2 aromatic rings. The van der Waals surface area contributed by atoms with Crippen LogP contribution in [-0.4, -0.2) is 14.5 Å². The van der Waals surface area contributed by atoms with Gasteiger partial charge < -0.3 is 0 Å². The molecule has 0 aliphatic heterocycles. The Morgan fingerprint density at radius 2 is 2.11 bits per heavy atom. The molecule has 5 nitrogen and oxygen atoms in total.